The van der Waals surface area contributed by atoms with Crippen LogP contribution in [0, 0.1) is 5.92 Å². The van der Waals surface area contributed by atoms with Gasteiger partial charge in [-0.05, 0) is 41.8 Å². The van der Waals surface area contributed by atoms with Crippen molar-refractivity contribution in [3.63, 3.8) is 0 Å². The number of ether oxygens (including phenoxy) is 4. The summed E-state index contributed by atoms with van der Waals surface area (Å²) < 4.78 is 21.4. The first-order valence-electron chi connectivity index (χ1n) is 8.87. The van der Waals surface area contributed by atoms with Gasteiger partial charge in [0.15, 0.2) is 28.6 Å². The topological polar surface area (TPSA) is 94.5 Å². The van der Waals surface area contributed by atoms with Gasteiger partial charge in [-0.2, -0.15) is 0 Å². The molecule has 1 heterocycles. The number of esters is 1. The average Bonchev–Trinajstić information content (AvgIpc) is 3.00. The van der Waals surface area contributed by atoms with Crippen molar-refractivity contribution in [3.05, 3.63) is 47.5 Å². The van der Waals surface area contributed by atoms with Crippen LogP contribution in [0.25, 0.3) is 0 Å². The molecular formula is C21H24O7. The van der Waals surface area contributed by atoms with Crippen molar-refractivity contribution in [3.8, 4) is 23.0 Å². The number of cyclic esters (lactones) is 1. The molecule has 7 nitrogen and oxygen atoms in total. The van der Waals surface area contributed by atoms with E-state index < -0.39 is 11.6 Å². The Morgan fingerprint density at radius 1 is 1.00 bits per heavy atom. The number of methoxy groups -OCH3 is 3. The summed E-state index contributed by atoms with van der Waals surface area (Å²) in [5.74, 6) is 0.124. The fraction of sp³-hybridized carbons (Fsp3) is 0.381. The summed E-state index contributed by atoms with van der Waals surface area (Å²) in [6, 6.07) is 10.0. The minimum absolute atomic E-state index is 0.0273. The standard InChI is InChI=1S/C21H24O7/c1-25-18-9-13(4-6-16(18)22)8-15-12-28-20(24)21(15,27-3)11-14-5-7-17(23)19(10-14)26-2/h4-7,9-10,15,22-23H,8,11-12H2,1-3H3. The summed E-state index contributed by atoms with van der Waals surface area (Å²) >= 11 is 0. The van der Waals surface area contributed by atoms with E-state index in [1.165, 1.54) is 27.4 Å². The van der Waals surface area contributed by atoms with E-state index in [2.05, 4.69) is 0 Å². The Morgan fingerprint density at radius 2 is 1.57 bits per heavy atom. The number of carbonyl (C=O) groups is 1. The Kier molecular flexibility index (Phi) is 5.65. The molecule has 0 radical (unpaired) electrons. The average molecular weight is 388 g/mol. The van der Waals surface area contributed by atoms with Crippen molar-refractivity contribution < 1.29 is 34.0 Å². The highest BCUT2D eigenvalue weighted by Crippen LogP contribution is 2.38. The molecule has 0 aliphatic carbocycles. The lowest BCUT2D eigenvalue weighted by molar-refractivity contribution is -0.157. The highest BCUT2D eigenvalue weighted by molar-refractivity contribution is 5.82. The summed E-state index contributed by atoms with van der Waals surface area (Å²) in [6.07, 6.45) is 0.782. The lowest BCUT2D eigenvalue weighted by Crippen LogP contribution is -2.46. The summed E-state index contributed by atoms with van der Waals surface area (Å²) in [4.78, 5) is 12.6. The van der Waals surface area contributed by atoms with Crippen molar-refractivity contribution in [2.24, 2.45) is 5.92 Å². The maximum absolute atomic E-state index is 12.6. The summed E-state index contributed by atoms with van der Waals surface area (Å²) in [7, 11) is 4.45. The maximum atomic E-state index is 12.6. The van der Waals surface area contributed by atoms with Crippen LogP contribution in [0.1, 0.15) is 11.1 Å². The van der Waals surface area contributed by atoms with Gasteiger partial charge < -0.3 is 29.2 Å². The number of carbonyl (C=O) groups excluding carboxylic acids is 1. The molecule has 7 heteroatoms. The summed E-state index contributed by atoms with van der Waals surface area (Å²) in [6.45, 7) is 0.227. The number of phenols is 2. The van der Waals surface area contributed by atoms with Gasteiger partial charge in [0.25, 0.3) is 0 Å². The quantitative estimate of drug-likeness (QED) is 0.704. The van der Waals surface area contributed by atoms with Crippen LogP contribution in [0.3, 0.4) is 0 Å². The molecule has 28 heavy (non-hydrogen) atoms. The molecule has 3 rings (SSSR count). The zero-order valence-electron chi connectivity index (χ0n) is 16.1. The van der Waals surface area contributed by atoms with E-state index in [0.717, 1.165) is 11.1 Å². The van der Waals surface area contributed by atoms with Crippen LogP contribution in [0.5, 0.6) is 23.0 Å². The van der Waals surface area contributed by atoms with Crippen molar-refractivity contribution in [2.75, 3.05) is 27.9 Å². The van der Waals surface area contributed by atoms with Crippen LogP contribution in [-0.2, 0) is 27.1 Å². The van der Waals surface area contributed by atoms with Gasteiger partial charge in [0, 0.05) is 19.4 Å². The monoisotopic (exact) mass is 388 g/mol. The minimum Gasteiger partial charge on any atom is -0.504 e. The Labute approximate surface area is 163 Å². The Bertz CT molecular complexity index is 864. The Hall–Kier alpha value is -2.93. The lowest BCUT2D eigenvalue weighted by Gasteiger charge is -2.30. The van der Waals surface area contributed by atoms with Crippen molar-refractivity contribution in [2.45, 2.75) is 18.4 Å². The van der Waals surface area contributed by atoms with Crippen LogP contribution >= 0.6 is 0 Å². The van der Waals surface area contributed by atoms with Crippen LogP contribution in [-0.4, -0.2) is 49.7 Å². The fourth-order valence-corrected chi connectivity index (χ4v) is 3.63. The molecule has 0 saturated carbocycles. The number of aromatic hydroxyl groups is 2. The van der Waals surface area contributed by atoms with Crippen LogP contribution in [0.15, 0.2) is 36.4 Å². The van der Waals surface area contributed by atoms with Crippen molar-refractivity contribution >= 4 is 5.97 Å². The molecule has 2 N–H and O–H groups in total. The maximum Gasteiger partial charge on any atom is 0.339 e. The third-order valence-electron chi connectivity index (χ3n) is 5.22. The largest absolute Gasteiger partial charge is 0.504 e. The number of rotatable bonds is 7. The molecule has 2 unspecified atom stereocenters. The molecule has 0 amide bonds. The molecule has 1 aliphatic rings. The highest BCUT2D eigenvalue weighted by atomic mass is 16.6. The molecule has 2 aromatic carbocycles. The molecule has 0 aromatic heterocycles. The zero-order chi connectivity index (χ0) is 20.3. The van der Waals surface area contributed by atoms with Gasteiger partial charge >= 0.3 is 5.97 Å². The second-order valence-corrected chi connectivity index (χ2v) is 6.78. The number of phenolic OH excluding ortho intramolecular Hbond substituents is 2. The van der Waals surface area contributed by atoms with Gasteiger partial charge in [0.2, 0.25) is 0 Å². The Balaban J connectivity index is 1.89. The number of hydrogen-bond donors (Lipinski definition) is 2. The minimum atomic E-state index is -1.16. The van der Waals surface area contributed by atoms with Gasteiger partial charge in [-0.25, -0.2) is 4.79 Å². The SMILES string of the molecule is COc1cc(CC2COC(=O)C2(Cc2ccc(O)c(OC)c2)OC)ccc1O. The van der Waals surface area contributed by atoms with Crippen LogP contribution < -0.4 is 9.47 Å². The van der Waals surface area contributed by atoms with Crippen molar-refractivity contribution in [1.29, 1.82) is 0 Å². The van der Waals surface area contributed by atoms with Gasteiger partial charge in [0.1, 0.15) is 0 Å². The summed E-state index contributed by atoms with van der Waals surface area (Å²) in [5.41, 5.74) is 0.513. The number of hydrogen-bond acceptors (Lipinski definition) is 7. The van der Waals surface area contributed by atoms with E-state index in [-0.39, 0.29) is 30.4 Å². The third-order valence-corrected chi connectivity index (χ3v) is 5.22. The summed E-state index contributed by atoms with van der Waals surface area (Å²) in [5, 5.41) is 19.6. The first-order valence-corrected chi connectivity index (χ1v) is 8.87. The molecule has 1 aliphatic heterocycles. The molecule has 1 fully saturated rings. The molecular weight excluding hydrogens is 364 g/mol. The normalized spacial score (nSPS) is 21.4. The van der Waals surface area contributed by atoms with Crippen molar-refractivity contribution in [1.82, 2.24) is 0 Å². The van der Waals surface area contributed by atoms with Gasteiger partial charge in [-0.15, -0.1) is 0 Å². The molecule has 0 bridgehead atoms. The fourth-order valence-electron chi connectivity index (χ4n) is 3.63. The van der Waals surface area contributed by atoms with E-state index in [1.807, 2.05) is 0 Å². The predicted octanol–water partition coefficient (Wildman–Crippen LogP) is 2.46. The lowest BCUT2D eigenvalue weighted by atomic mass is 9.80. The first-order chi connectivity index (χ1) is 13.4. The second kappa shape index (κ2) is 7.98. The van der Waals surface area contributed by atoms with Gasteiger partial charge in [-0.1, -0.05) is 12.1 Å². The van der Waals surface area contributed by atoms with Crippen LogP contribution in [0.2, 0.25) is 0 Å². The molecule has 1 saturated heterocycles. The van der Waals surface area contributed by atoms with E-state index >= 15 is 0 Å². The second-order valence-electron chi connectivity index (χ2n) is 6.78. The predicted molar refractivity (Wildman–Crippen MR) is 101 cm³/mol. The molecule has 150 valence electrons. The number of benzene rings is 2. The van der Waals surface area contributed by atoms with Gasteiger partial charge in [-0.3, -0.25) is 0 Å². The third kappa shape index (κ3) is 3.57. The molecule has 2 aromatic rings. The van der Waals surface area contributed by atoms with E-state index in [0.29, 0.717) is 17.9 Å². The zero-order valence-corrected chi connectivity index (χ0v) is 16.1. The molecule has 2 atom stereocenters. The van der Waals surface area contributed by atoms with E-state index in [9.17, 15) is 15.0 Å². The highest BCUT2D eigenvalue weighted by Gasteiger charge is 2.53. The first kappa shape index (κ1) is 19.8. The molecule has 0 spiro atoms. The Morgan fingerprint density at radius 3 is 2.14 bits per heavy atom. The van der Waals surface area contributed by atoms with E-state index in [1.54, 1.807) is 30.3 Å². The van der Waals surface area contributed by atoms with E-state index in [4.69, 9.17) is 18.9 Å². The smallest absolute Gasteiger partial charge is 0.339 e. The van der Waals surface area contributed by atoms with Gasteiger partial charge in [0.05, 0.1) is 20.8 Å². The van der Waals surface area contributed by atoms with Crippen LogP contribution in [0.4, 0.5) is 0 Å².